The number of carbonyl (C=O) groups is 2. The monoisotopic (exact) mass is 681 g/mol. The zero-order valence-electron chi connectivity index (χ0n) is 24.5. The van der Waals surface area contributed by atoms with Crippen LogP contribution in [0.5, 0.6) is 11.5 Å². The molecular formula is C33H29Cl2N3O5S2. The van der Waals surface area contributed by atoms with Gasteiger partial charge in [-0.2, -0.15) is 0 Å². The van der Waals surface area contributed by atoms with E-state index in [0.717, 1.165) is 29.7 Å². The second-order valence-corrected chi connectivity index (χ2v) is 13.8. The van der Waals surface area contributed by atoms with Gasteiger partial charge in [0.25, 0.3) is 5.78 Å². The van der Waals surface area contributed by atoms with E-state index >= 15 is 0 Å². The van der Waals surface area contributed by atoms with Crippen molar-refractivity contribution in [1.29, 1.82) is 0 Å². The van der Waals surface area contributed by atoms with E-state index in [1.165, 1.54) is 28.0 Å². The Balaban J connectivity index is 1.38. The van der Waals surface area contributed by atoms with Gasteiger partial charge in [0.2, 0.25) is 5.13 Å². The summed E-state index contributed by atoms with van der Waals surface area (Å²) in [6, 6.07) is 16.9. The number of Topliss-reactive ketones (excluding diaryl/α,β-unsaturated/α-hetero) is 1. The number of anilines is 1. The molecule has 1 fully saturated rings. The summed E-state index contributed by atoms with van der Waals surface area (Å²) >= 11 is 15.0. The molecule has 2 aliphatic rings. The van der Waals surface area contributed by atoms with Crippen molar-refractivity contribution >= 4 is 68.9 Å². The smallest absolute Gasteiger partial charge is 0.301 e. The van der Waals surface area contributed by atoms with Gasteiger partial charge in [-0.15, -0.1) is 10.2 Å². The number of fused-ring (bicyclic) bond motifs is 1. The number of hydrogen-bond donors (Lipinski definition) is 1. The Morgan fingerprint density at radius 1 is 1.13 bits per heavy atom. The topological polar surface area (TPSA) is 102 Å². The third-order valence-corrected chi connectivity index (χ3v) is 10.2. The highest BCUT2D eigenvalue weighted by Crippen LogP contribution is 2.45. The summed E-state index contributed by atoms with van der Waals surface area (Å²) in [5.74, 6) is -0.0278. The first-order valence-electron chi connectivity index (χ1n) is 14.5. The number of halogens is 2. The Bertz CT molecular complexity index is 1810. The summed E-state index contributed by atoms with van der Waals surface area (Å²) in [6.45, 7) is 4.58. The van der Waals surface area contributed by atoms with Gasteiger partial charge in [0.05, 0.1) is 18.2 Å². The molecule has 45 heavy (non-hydrogen) atoms. The molecule has 1 N–H and O–H groups in total. The number of benzene rings is 3. The van der Waals surface area contributed by atoms with Crippen molar-refractivity contribution in [2.45, 2.75) is 55.3 Å². The molecule has 2 atom stereocenters. The van der Waals surface area contributed by atoms with Gasteiger partial charge in [-0.05, 0) is 72.5 Å². The van der Waals surface area contributed by atoms with Crippen LogP contribution in [0.25, 0.3) is 5.76 Å². The van der Waals surface area contributed by atoms with Crippen LogP contribution in [0.1, 0.15) is 55.0 Å². The largest absolute Gasteiger partial charge is 0.507 e. The van der Waals surface area contributed by atoms with Crippen LogP contribution in [0.3, 0.4) is 0 Å². The summed E-state index contributed by atoms with van der Waals surface area (Å²) in [7, 11) is 0. The minimum Gasteiger partial charge on any atom is -0.507 e. The minimum absolute atomic E-state index is 0.0126. The van der Waals surface area contributed by atoms with E-state index in [1.54, 1.807) is 36.4 Å². The molecule has 4 aromatic rings. The molecule has 8 nitrogen and oxygen atoms in total. The molecule has 232 valence electrons. The predicted octanol–water partition coefficient (Wildman–Crippen LogP) is 8.27. The number of ketones is 1. The Morgan fingerprint density at radius 2 is 1.98 bits per heavy atom. The number of unbranched alkanes of at least 4 members (excludes halogenated alkanes) is 1. The van der Waals surface area contributed by atoms with Crippen LogP contribution in [0.4, 0.5) is 5.13 Å². The maximum absolute atomic E-state index is 13.7. The quantitative estimate of drug-likeness (QED) is 0.0446. The molecule has 0 saturated carbocycles. The van der Waals surface area contributed by atoms with Gasteiger partial charge in [0.15, 0.2) is 4.34 Å². The lowest BCUT2D eigenvalue weighted by Gasteiger charge is -2.23. The molecule has 0 radical (unpaired) electrons. The van der Waals surface area contributed by atoms with E-state index in [4.69, 9.17) is 32.7 Å². The third kappa shape index (κ3) is 6.56. The van der Waals surface area contributed by atoms with Crippen LogP contribution < -0.4 is 14.4 Å². The zero-order valence-corrected chi connectivity index (χ0v) is 27.6. The molecule has 3 heterocycles. The van der Waals surface area contributed by atoms with Gasteiger partial charge in [-0.25, -0.2) is 0 Å². The average molecular weight is 683 g/mol. The Hall–Kier alpha value is -3.57. The molecule has 1 aromatic heterocycles. The lowest BCUT2D eigenvalue weighted by atomic mass is 9.94. The number of rotatable bonds is 10. The molecule has 0 aliphatic carbocycles. The molecule has 6 rings (SSSR count). The number of aliphatic hydroxyl groups excluding tert-OH is 1. The first kappa shape index (κ1) is 31.4. The van der Waals surface area contributed by atoms with Gasteiger partial charge in [-0.1, -0.05) is 77.8 Å². The molecule has 3 aromatic carbocycles. The SMILES string of the molecule is CCCCOc1cccc([C@@H]2C(=C(O)c3ccc4c(c3)C[C@H](C)O4)C(=O)C(=O)N2c2nnc(SCc3ccc(Cl)cc3Cl)s2)c1. The van der Waals surface area contributed by atoms with E-state index in [9.17, 15) is 14.7 Å². The number of ether oxygens (including phenoxy) is 2. The highest BCUT2D eigenvalue weighted by Gasteiger charge is 2.48. The predicted molar refractivity (Wildman–Crippen MR) is 178 cm³/mol. The third-order valence-electron chi connectivity index (χ3n) is 7.52. The van der Waals surface area contributed by atoms with Crippen LogP contribution in [-0.4, -0.2) is 39.7 Å². The van der Waals surface area contributed by atoms with E-state index < -0.39 is 17.7 Å². The van der Waals surface area contributed by atoms with Crippen LogP contribution in [-0.2, 0) is 21.8 Å². The lowest BCUT2D eigenvalue weighted by Crippen LogP contribution is -2.29. The average Bonchev–Trinajstić information content (AvgIpc) is 3.71. The Morgan fingerprint density at radius 3 is 2.78 bits per heavy atom. The summed E-state index contributed by atoms with van der Waals surface area (Å²) in [4.78, 5) is 28.7. The van der Waals surface area contributed by atoms with Crippen molar-refractivity contribution in [3.8, 4) is 11.5 Å². The van der Waals surface area contributed by atoms with Crippen molar-refractivity contribution in [2.75, 3.05) is 11.5 Å². The molecule has 0 bridgehead atoms. The first-order chi connectivity index (χ1) is 21.7. The molecule has 2 aliphatic heterocycles. The highest BCUT2D eigenvalue weighted by molar-refractivity contribution is 8.00. The number of amides is 1. The highest BCUT2D eigenvalue weighted by atomic mass is 35.5. The first-order valence-corrected chi connectivity index (χ1v) is 17.0. The van der Waals surface area contributed by atoms with Crippen molar-refractivity contribution in [3.63, 3.8) is 0 Å². The number of carbonyl (C=O) groups excluding carboxylic acids is 2. The van der Waals surface area contributed by atoms with Crippen molar-refractivity contribution in [3.05, 3.63) is 98.5 Å². The van der Waals surface area contributed by atoms with Crippen LogP contribution >= 0.6 is 46.3 Å². The van der Waals surface area contributed by atoms with Crippen LogP contribution in [0, 0.1) is 0 Å². The van der Waals surface area contributed by atoms with Crippen LogP contribution in [0.15, 0.2) is 70.6 Å². The molecule has 0 unspecified atom stereocenters. The van der Waals surface area contributed by atoms with E-state index in [-0.39, 0.29) is 22.6 Å². The molecule has 12 heteroatoms. The molecular weight excluding hydrogens is 653 g/mol. The van der Waals surface area contributed by atoms with Crippen molar-refractivity contribution < 1.29 is 24.2 Å². The Labute approximate surface area is 279 Å². The second-order valence-electron chi connectivity index (χ2n) is 10.8. The maximum atomic E-state index is 13.7. The van der Waals surface area contributed by atoms with Gasteiger partial charge >= 0.3 is 5.91 Å². The lowest BCUT2D eigenvalue weighted by molar-refractivity contribution is -0.132. The van der Waals surface area contributed by atoms with Gasteiger partial charge < -0.3 is 14.6 Å². The number of aromatic nitrogens is 2. The maximum Gasteiger partial charge on any atom is 0.301 e. The van der Waals surface area contributed by atoms with Gasteiger partial charge in [0.1, 0.15) is 23.4 Å². The molecule has 1 amide bonds. The Kier molecular flexibility index (Phi) is 9.37. The number of thioether (sulfide) groups is 1. The summed E-state index contributed by atoms with van der Waals surface area (Å²) < 4.78 is 12.3. The van der Waals surface area contributed by atoms with E-state index in [2.05, 4.69) is 17.1 Å². The normalized spacial score (nSPS) is 18.7. The van der Waals surface area contributed by atoms with E-state index in [0.29, 0.717) is 50.0 Å². The van der Waals surface area contributed by atoms with Crippen molar-refractivity contribution in [2.24, 2.45) is 0 Å². The fraction of sp³-hybridized carbons (Fsp3) is 0.273. The van der Waals surface area contributed by atoms with Crippen molar-refractivity contribution in [1.82, 2.24) is 10.2 Å². The van der Waals surface area contributed by atoms with Gasteiger partial charge in [0, 0.05) is 27.8 Å². The molecule has 0 spiro atoms. The summed E-state index contributed by atoms with van der Waals surface area (Å²) in [5.41, 5.74) is 2.79. The minimum atomic E-state index is -0.959. The molecule has 1 saturated heterocycles. The fourth-order valence-electron chi connectivity index (χ4n) is 5.32. The zero-order chi connectivity index (χ0) is 31.7. The standard InChI is InChI=1S/C33H29Cl2N3O5S2/c1-3-4-12-42-24-7-5-6-19(15-24)28-27(29(39)20-9-11-26-22(14-20)13-18(2)43-26)30(40)31(41)38(28)32-36-37-33(45-32)44-17-21-8-10-23(34)16-25(21)35/h5-11,14-16,18,28,39H,3-4,12-13,17H2,1-2H3/t18-,28+/m0/s1. The van der Waals surface area contributed by atoms with Gasteiger partial charge in [-0.3, -0.25) is 14.5 Å². The van der Waals surface area contributed by atoms with Crippen LogP contribution in [0.2, 0.25) is 10.0 Å². The second kappa shape index (κ2) is 13.4. The summed E-state index contributed by atoms with van der Waals surface area (Å²) in [6.07, 6.45) is 2.55. The number of nitrogens with zero attached hydrogens (tertiary/aromatic N) is 3. The fourth-order valence-corrected chi connectivity index (χ4v) is 7.74. The van der Waals surface area contributed by atoms with E-state index in [1.807, 2.05) is 31.2 Å². The number of hydrogen-bond acceptors (Lipinski definition) is 9. The summed E-state index contributed by atoms with van der Waals surface area (Å²) in [5, 5.41) is 21.6. The number of aliphatic hydroxyl groups is 1.